The van der Waals surface area contributed by atoms with Gasteiger partial charge in [0, 0.05) is 6.54 Å². The van der Waals surface area contributed by atoms with E-state index in [0.717, 1.165) is 19.4 Å². The molecule has 3 N–H and O–H groups in total. The Hall–Kier alpha value is -1.64. The van der Waals surface area contributed by atoms with Crippen LogP contribution in [0, 0.1) is 5.41 Å². The molecular weight excluding hydrogens is 275 g/mol. The van der Waals surface area contributed by atoms with Crippen LogP contribution in [0.1, 0.15) is 31.4 Å². The fourth-order valence-electron chi connectivity index (χ4n) is 2.13. The van der Waals surface area contributed by atoms with Crippen LogP contribution in [0.25, 0.3) is 0 Å². The van der Waals surface area contributed by atoms with Gasteiger partial charge in [-0.3, -0.25) is 9.89 Å². The van der Waals surface area contributed by atoms with Gasteiger partial charge in [-0.15, -0.1) is 5.10 Å². The first-order valence-electron chi connectivity index (χ1n) is 6.29. The number of alkyl halides is 3. The summed E-state index contributed by atoms with van der Waals surface area (Å²) in [7, 11) is 0. The number of carbonyl (C=O) groups is 1. The molecule has 0 radical (unpaired) electrons. The molecular formula is C11H16F3N5O. The van der Waals surface area contributed by atoms with Gasteiger partial charge in [0.05, 0.1) is 12.0 Å². The average molecular weight is 291 g/mol. The molecule has 0 spiro atoms. The van der Waals surface area contributed by atoms with Crippen LogP contribution in [0.3, 0.4) is 0 Å². The van der Waals surface area contributed by atoms with Gasteiger partial charge in [0.15, 0.2) is 0 Å². The van der Waals surface area contributed by atoms with E-state index in [1.165, 1.54) is 0 Å². The van der Waals surface area contributed by atoms with Crippen molar-refractivity contribution >= 4 is 5.91 Å². The molecule has 1 fully saturated rings. The zero-order valence-electron chi connectivity index (χ0n) is 11.0. The van der Waals surface area contributed by atoms with Gasteiger partial charge in [-0.1, -0.05) is 0 Å². The Morgan fingerprint density at radius 1 is 1.50 bits per heavy atom. The minimum absolute atomic E-state index is 0.0157. The minimum Gasteiger partial charge on any atom is -0.348 e. The van der Waals surface area contributed by atoms with Gasteiger partial charge in [-0.2, -0.15) is 13.2 Å². The van der Waals surface area contributed by atoms with Crippen molar-refractivity contribution in [3.63, 3.8) is 0 Å². The van der Waals surface area contributed by atoms with E-state index in [4.69, 9.17) is 0 Å². The van der Waals surface area contributed by atoms with Gasteiger partial charge >= 0.3 is 6.18 Å². The molecule has 9 heteroatoms. The lowest BCUT2D eigenvalue weighted by Gasteiger charge is -2.32. The number of amides is 1. The number of nitrogens with zero attached hydrogens (tertiary/aromatic N) is 2. The Labute approximate surface area is 113 Å². The molecule has 6 nitrogen and oxygen atoms in total. The lowest BCUT2D eigenvalue weighted by atomic mass is 9.82. The summed E-state index contributed by atoms with van der Waals surface area (Å²) >= 11 is 0. The van der Waals surface area contributed by atoms with Crippen LogP contribution in [0.2, 0.25) is 0 Å². The smallest absolute Gasteiger partial charge is 0.348 e. The summed E-state index contributed by atoms with van der Waals surface area (Å²) in [6.45, 7) is 3.16. The van der Waals surface area contributed by atoms with Crippen LogP contribution in [-0.4, -0.2) is 34.2 Å². The van der Waals surface area contributed by atoms with Crippen LogP contribution in [0.4, 0.5) is 13.2 Å². The summed E-state index contributed by atoms with van der Waals surface area (Å²) in [5, 5.41) is 11.0. The number of H-pyrrole nitrogens is 1. The normalized spacial score (nSPS) is 23.6. The maximum Gasteiger partial charge on any atom is 0.453 e. The van der Waals surface area contributed by atoms with Crippen molar-refractivity contribution in [1.82, 2.24) is 25.8 Å². The number of piperidine rings is 1. The van der Waals surface area contributed by atoms with Gasteiger partial charge in [0.25, 0.3) is 5.82 Å². The van der Waals surface area contributed by atoms with Gasteiger partial charge in [-0.25, -0.2) is 4.98 Å². The summed E-state index contributed by atoms with van der Waals surface area (Å²) in [5.41, 5.74) is -0.537. The van der Waals surface area contributed by atoms with E-state index in [9.17, 15) is 18.0 Å². The van der Waals surface area contributed by atoms with E-state index in [2.05, 4.69) is 25.8 Å². The maximum absolute atomic E-state index is 12.3. The van der Waals surface area contributed by atoms with Crippen molar-refractivity contribution in [3.8, 4) is 0 Å². The number of hydrogen-bond acceptors (Lipinski definition) is 4. The van der Waals surface area contributed by atoms with Crippen molar-refractivity contribution in [1.29, 1.82) is 0 Å². The molecule has 1 unspecified atom stereocenters. The Morgan fingerprint density at radius 3 is 2.80 bits per heavy atom. The fourth-order valence-corrected chi connectivity index (χ4v) is 2.13. The highest BCUT2D eigenvalue weighted by atomic mass is 19.4. The molecule has 2 rings (SSSR count). The highest BCUT2D eigenvalue weighted by Gasteiger charge is 2.37. The van der Waals surface area contributed by atoms with Crippen molar-refractivity contribution < 1.29 is 18.0 Å². The fraction of sp³-hybridized carbons (Fsp3) is 0.727. The number of hydrogen-bond donors (Lipinski definition) is 3. The standard InChI is InChI=1S/C11H16F3N5O/c1-10(3-2-4-15-6-10)9(20)16-5-7-17-8(19-18-7)11(12,13)14/h15H,2-6H2,1H3,(H,16,20)(H,17,18,19). The van der Waals surface area contributed by atoms with Gasteiger partial charge < -0.3 is 10.6 Å². The van der Waals surface area contributed by atoms with Crippen LogP contribution in [0.15, 0.2) is 0 Å². The van der Waals surface area contributed by atoms with E-state index in [0.29, 0.717) is 6.54 Å². The number of halogens is 3. The van der Waals surface area contributed by atoms with Crippen LogP contribution < -0.4 is 10.6 Å². The predicted molar refractivity (Wildman–Crippen MR) is 63.4 cm³/mol. The molecule has 1 aliphatic heterocycles. The second-order valence-corrected chi connectivity index (χ2v) is 5.13. The van der Waals surface area contributed by atoms with E-state index >= 15 is 0 Å². The van der Waals surface area contributed by atoms with Crippen LogP contribution in [-0.2, 0) is 17.5 Å². The first-order valence-corrected chi connectivity index (χ1v) is 6.29. The minimum atomic E-state index is -4.59. The first kappa shape index (κ1) is 14.8. The maximum atomic E-state index is 12.3. The topological polar surface area (TPSA) is 82.7 Å². The second-order valence-electron chi connectivity index (χ2n) is 5.13. The Balaban J connectivity index is 1.91. The molecule has 0 aliphatic carbocycles. The highest BCUT2D eigenvalue weighted by molar-refractivity contribution is 5.82. The molecule has 0 bridgehead atoms. The van der Waals surface area contributed by atoms with Gasteiger partial charge in [0.1, 0.15) is 5.82 Å². The van der Waals surface area contributed by atoms with Crippen molar-refractivity contribution in [2.75, 3.05) is 13.1 Å². The summed E-state index contributed by atoms with van der Waals surface area (Å²) in [4.78, 5) is 15.4. The number of aromatic nitrogens is 3. The zero-order valence-corrected chi connectivity index (χ0v) is 11.0. The quantitative estimate of drug-likeness (QED) is 0.770. The van der Waals surface area contributed by atoms with Crippen molar-refractivity contribution in [2.24, 2.45) is 5.41 Å². The summed E-state index contributed by atoms with van der Waals surface area (Å²) in [6, 6.07) is 0. The van der Waals surface area contributed by atoms with E-state index in [-0.39, 0.29) is 18.3 Å². The monoisotopic (exact) mass is 291 g/mol. The largest absolute Gasteiger partial charge is 0.453 e. The molecule has 1 saturated heterocycles. The van der Waals surface area contributed by atoms with E-state index in [1.54, 1.807) is 0 Å². The third-order valence-corrected chi connectivity index (χ3v) is 3.35. The molecule has 0 aromatic carbocycles. The molecule has 1 aromatic rings. The molecule has 112 valence electrons. The van der Waals surface area contributed by atoms with Crippen molar-refractivity contribution in [2.45, 2.75) is 32.5 Å². The summed E-state index contributed by atoms with van der Waals surface area (Å²) in [5.74, 6) is -1.44. The molecule has 1 atom stereocenters. The number of rotatable bonds is 3. The van der Waals surface area contributed by atoms with Gasteiger partial charge in [-0.05, 0) is 26.3 Å². The molecule has 1 aliphatic rings. The lowest BCUT2D eigenvalue weighted by molar-refractivity contribution is -0.144. The Bertz CT molecular complexity index is 479. The Morgan fingerprint density at radius 2 is 2.25 bits per heavy atom. The SMILES string of the molecule is CC1(C(=O)NCc2nc(C(F)(F)F)n[nH]2)CCCNC1. The third-order valence-electron chi connectivity index (χ3n) is 3.35. The third kappa shape index (κ3) is 3.27. The number of carbonyl (C=O) groups excluding carboxylic acids is 1. The molecule has 20 heavy (non-hydrogen) atoms. The van der Waals surface area contributed by atoms with Crippen LogP contribution >= 0.6 is 0 Å². The summed E-state index contributed by atoms with van der Waals surface area (Å²) < 4.78 is 36.9. The molecule has 1 aromatic heterocycles. The lowest BCUT2D eigenvalue weighted by Crippen LogP contribution is -2.48. The Kier molecular flexibility index (Phi) is 3.98. The van der Waals surface area contributed by atoms with Gasteiger partial charge in [0.2, 0.25) is 5.91 Å². The van der Waals surface area contributed by atoms with E-state index < -0.39 is 17.4 Å². The summed E-state index contributed by atoms with van der Waals surface area (Å²) in [6.07, 6.45) is -2.95. The first-order chi connectivity index (χ1) is 9.31. The second kappa shape index (κ2) is 5.39. The van der Waals surface area contributed by atoms with Crippen molar-refractivity contribution in [3.05, 3.63) is 11.6 Å². The average Bonchev–Trinajstić information content (AvgIpc) is 2.85. The zero-order chi connectivity index (χ0) is 14.8. The molecule has 2 heterocycles. The van der Waals surface area contributed by atoms with E-state index in [1.807, 2.05) is 6.92 Å². The number of aromatic amines is 1. The highest BCUT2D eigenvalue weighted by Crippen LogP contribution is 2.26. The molecule has 1 amide bonds. The predicted octanol–water partition coefficient (Wildman–Crippen LogP) is 0.829. The van der Waals surface area contributed by atoms with Crippen LogP contribution in [0.5, 0.6) is 0 Å². The number of nitrogens with one attached hydrogen (secondary N) is 3. The molecule has 0 saturated carbocycles.